The summed E-state index contributed by atoms with van der Waals surface area (Å²) in [6.07, 6.45) is 0. The lowest BCUT2D eigenvalue weighted by Gasteiger charge is -2.03. The van der Waals surface area contributed by atoms with Crippen molar-refractivity contribution in [1.82, 2.24) is 9.97 Å². The number of aromatic nitrogens is 2. The number of aryl methyl sites for hydroxylation is 2. The minimum atomic E-state index is -0.461. The maximum absolute atomic E-state index is 12.9. The van der Waals surface area contributed by atoms with Gasteiger partial charge in [-0.1, -0.05) is 11.3 Å². The van der Waals surface area contributed by atoms with E-state index in [1.54, 1.807) is 20.8 Å². The molecule has 29 heavy (non-hydrogen) atoms. The molecule has 3 rings (SSSR count). The zero-order valence-corrected chi connectivity index (χ0v) is 17.6. The van der Waals surface area contributed by atoms with Gasteiger partial charge in [0.05, 0.1) is 18.0 Å². The Morgan fingerprint density at radius 1 is 1.07 bits per heavy atom. The molecule has 2 heterocycles. The highest BCUT2D eigenvalue weighted by molar-refractivity contribution is 7.18. The number of ether oxygens (including phenoxy) is 2. The first-order valence-corrected chi connectivity index (χ1v) is 10.3. The van der Waals surface area contributed by atoms with Crippen LogP contribution in [0.4, 0.5) is 9.52 Å². The summed E-state index contributed by atoms with van der Waals surface area (Å²) >= 11 is 2.26. The molecule has 2 aromatic heterocycles. The molecule has 0 aliphatic heterocycles. The fraction of sp³-hybridized carbons (Fsp3) is 0.263. The predicted molar refractivity (Wildman–Crippen MR) is 108 cm³/mol. The number of anilines is 1. The van der Waals surface area contributed by atoms with Crippen LogP contribution in [0.25, 0.3) is 0 Å². The third-order valence-electron chi connectivity index (χ3n) is 3.70. The number of amides is 1. The second-order valence-corrected chi connectivity index (χ2v) is 7.96. The Morgan fingerprint density at radius 3 is 2.45 bits per heavy atom. The molecule has 3 aromatic rings. The van der Waals surface area contributed by atoms with Crippen LogP contribution < -0.4 is 10.1 Å². The first-order chi connectivity index (χ1) is 13.9. The molecule has 0 spiro atoms. The Bertz CT molecular complexity index is 1030. The average molecular weight is 436 g/mol. The molecule has 0 radical (unpaired) electrons. The van der Waals surface area contributed by atoms with E-state index in [0.717, 1.165) is 11.3 Å². The average Bonchev–Trinajstić information content (AvgIpc) is 3.23. The normalized spacial score (nSPS) is 10.6. The quantitative estimate of drug-likeness (QED) is 0.555. The molecule has 0 aliphatic carbocycles. The molecule has 7 nitrogen and oxygen atoms in total. The van der Waals surface area contributed by atoms with Crippen molar-refractivity contribution >= 4 is 39.7 Å². The van der Waals surface area contributed by atoms with Crippen LogP contribution in [0.1, 0.15) is 42.7 Å². The van der Waals surface area contributed by atoms with Crippen LogP contribution in [-0.4, -0.2) is 28.5 Å². The molecule has 152 valence electrons. The molecule has 0 fully saturated rings. The first kappa shape index (κ1) is 20.9. The van der Waals surface area contributed by atoms with Crippen LogP contribution in [-0.2, 0) is 11.3 Å². The van der Waals surface area contributed by atoms with Gasteiger partial charge in [0.15, 0.2) is 5.13 Å². The van der Waals surface area contributed by atoms with E-state index in [4.69, 9.17) is 9.47 Å². The van der Waals surface area contributed by atoms with E-state index in [1.807, 2.05) is 0 Å². The van der Waals surface area contributed by atoms with E-state index in [2.05, 4.69) is 15.3 Å². The Balaban J connectivity index is 1.66. The molecule has 0 saturated carbocycles. The third-order valence-corrected chi connectivity index (χ3v) is 5.88. The second-order valence-electron chi connectivity index (χ2n) is 5.87. The zero-order chi connectivity index (χ0) is 21.0. The van der Waals surface area contributed by atoms with Crippen molar-refractivity contribution in [3.63, 3.8) is 0 Å². The van der Waals surface area contributed by atoms with Gasteiger partial charge in [0.1, 0.15) is 32.9 Å². The number of rotatable bonds is 7. The van der Waals surface area contributed by atoms with Crippen LogP contribution in [0.2, 0.25) is 0 Å². The number of esters is 1. The van der Waals surface area contributed by atoms with Gasteiger partial charge >= 0.3 is 5.97 Å². The van der Waals surface area contributed by atoms with Crippen LogP contribution in [0.15, 0.2) is 24.3 Å². The van der Waals surface area contributed by atoms with Gasteiger partial charge in [-0.3, -0.25) is 10.1 Å². The largest absolute Gasteiger partial charge is 0.486 e. The van der Waals surface area contributed by atoms with Gasteiger partial charge in [0.25, 0.3) is 5.91 Å². The third kappa shape index (κ3) is 5.15. The van der Waals surface area contributed by atoms with Crippen molar-refractivity contribution < 1.29 is 23.5 Å². The lowest BCUT2D eigenvalue weighted by Crippen LogP contribution is -2.11. The zero-order valence-electron chi connectivity index (χ0n) is 15.9. The molecule has 1 amide bonds. The smallest absolute Gasteiger partial charge is 0.350 e. The van der Waals surface area contributed by atoms with E-state index < -0.39 is 5.97 Å². The molecular weight excluding hydrogens is 417 g/mol. The number of carbonyl (C=O) groups excluding carboxylic acids is 2. The summed E-state index contributed by atoms with van der Waals surface area (Å²) in [6.45, 7) is 5.56. The number of hydrogen-bond donors (Lipinski definition) is 1. The van der Waals surface area contributed by atoms with Gasteiger partial charge in [0.2, 0.25) is 0 Å². The Labute approximate surface area is 174 Å². The van der Waals surface area contributed by atoms with E-state index >= 15 is 0 Å². The summed E-state index contributed by atoms with van der Waals surface area (Å²) in [5.41, 5.74) is 1.06. The van der Waals surface area contributed by atoms with Crippen LogP contribution in [0.5, 0.6) is 5.75 Å². The van der Waals surface area contributed by atoms with Crippen LogP contribution >= 0.6 is 22.7 Å². The second kappa shape index (κ2) is 9.10. The molecular formula is C19H18FN3O4S2. The number of thiazole rings is 2. The molecule has 1 N–H and O–H groups in total. The summed E-state index contributed by atoms with van der Waals surface area (Å²) in [5, 5.41) is 3.62. The molecule has 0 unspecified atom stereocenters. The summed E-state index contributed by atoms with van der Waals surface area (Å²) in [7, 11) is 0. The highest BCUT2D eigenvalue weighted by Crippen LogP contribution is 2.26. The van der Waals surface area contributed by atoms with Crippen molar-refractivity contribution in [1.29, 1.82) is 0 Å². The molecule has 1 aromatic carbocycles. The summed E-state index contributed by atoms with van der Waals surface area (Å²) in [5.74, 6) is -0.658. The van der Waals surface area contributed by atoms with Gasteiger partial charge < -0.3 is 9.47 Å². The van der Waals surface area contributed by atoms with Gasteiger partial charge in [0, 0.05) is 0 Å². The molecule has 0 saturated heterocycles. The first-order valence-electron chi connectivity index (χ1n) is 8.68. The molecule has 0 aliphatic rings. The SMILES string of the molecule is CCOC(=O)c1sc(NC(=O)c2sc(COc3ccc(F)cc3)nc2C)nc1C. The van der Waals surface area contributed by atoms with Gasteiger partial charge in [-0.15, -0.1) is 11.3 Å². The summed E-state index contributed by atoms with van der Waals surface area (Å²) in [4.78, 5) is 33.8. The minimum Gasteiger partial charge on any atom is -0.486 e. The monoisotopic (exact) mass is 435 g/mol. The van der Waals surface area contributed by atoms with E-state index in [9.17, 15) is 14.0 Å². The van der Waals surface area contributed by atoms with Crippen molar-refractivity contribution in [2.75, 3.05) is 11.9 Å². The topological polar surface area (TPSA) is 90.4 Å². The standard InChI is InChI=1S/C19H18FN3O4S2/c1-4-26-18(25)16-11(3)22-19(29-16)23-17(24)15-10(2)21-14(28-15)9-27-13-7-5-12(20)6-8-13/h5-8H,4,9H2,1-3H3,(H,22,23,24). The van der Waals surface area contributed by atoms with Crippen molar-refractivity contribution in [3.8, 4) is 5.75 Å². The van der Waals surface area contributed by atoms with E-state index in [0.29, 0.717) is 37.0 Å². The van der Waals surface area contributed by atoms with Crippen molar-refractivity contribution in [3.05, 3.63) is 56.2 Å². The lowest BCUT2D eigenvalue weighted by molar-refractivity contribution is 0.0531. The van der Waals surface area contributed by atoms with Gasteiger partial charge in [-0.25, -0.2) is 19.2 Å². The maximum atomic E-state index is 12.9. The Hall–Kier alpha value is -2.85. The highest BCUT2D eigenvalue weighted by Gasteiger charge is 2.20. The van der Waals surface area contributed by atoms with Crippen molar-refractivity contribution in [2.24, 2.45) is 0 Å². The van der Waals surface area contributed by atoms with E-state index in [-0.39, 0.29) is 24.9 Å². The summed E-state index contributed by atoms with van der Waals surface area (Å²) in [6, 6.07) is 5.66. The molecule has 0 atom stereocenters. The number of benzene rings is 1. The fourth-order valence-corrected chi connectivity index (χ4v) is 4.12. The fourth-order valence-electron chi connectivity index (χ4n) is 2.39. The van der Waals surface area contributed by atoms with Gasteiger partial charge in [-0.2, -0.15) is 0 Å². The molecule has 0 bridgehead atoms. The minimum absolute atomic E-state index is 0.161. The van der Waals surface area contributed by atoms with Crippen LogP contribution in [0, 0.1) is 19.7 Å². The van der Waals surface area contributed by atoms with E-state index in [1.165, 1.54) is 35.6 Å². The number of nitrogens with zero attached hydrogens (tertiary/aromatic N) is 2. The Kier molecular flexibility index (Phi) is 6.55. The predicted octanol–water partition coefficient (Wildman–Crippen LogP) is 4.36. The van der Waals surface area contributed by atoms with Gasteiger partial charge in [-0.05, 0) is 45.0 Å². The van der Waals surface area contributed by atoms with Crippen LogP contribution in [0.3, 0.4) is 0 Å². The Morgan fingerprint density at radius 2 is 1.76 bits per heavy atom. The maximum Gasteiger partial charge on any atom is 0.350 e. The lowest BCUT2D eigenvalue weighted by atomic mass is 10.3. The summed E-state index contributed by atoms with van der Waals surface area (Å²) < 4.78 is 23.5. The highest BCUT2D eigenvalue weighted by atomic mass is 32.1. The number of halogens is 1. The molecule has 10 heteroatoms. The number of hydrogen-bond acceptors (Lipinski definition) is 8. The number of carbonyl (C=O) groups is 2. The van der Waals surface area contributed by atoms with Crippen molar-refractivity contribution in [2.45, 2.75) is 27.4 Å². The number of nitrogens with one attached hydrogen (secondary N) is 1.